The van der Waals surface area contributed by atoms with Crippen molar-refractivity contribution in [1.29, 1.82) is 0 Å². The molecule has 0 atom stereocenters. The van der Waals surface area contributed by atoms with E-state index in [1.54, 1.807) is 0 Å². The van der Waals surface area contributed by atoms with Gasteiger partial charge >= 0.3 is 12.6 Å². The smallest absolute Gasteiger partial charge is 0.214 e. The Hall–Kier alpha value is -0.950. The lowest BCUT2D eigenvalue weighted by Crippen LogP contribution is -2.43. The van der Waals surface area contributed by atoms with E-state index in [0.717, 1.165) is 0 Å². The molecule has 72 valence electrons. The summed E-state index contributed by atoms with van der Waals surface area (Å²) in [5.41, 5.74) is 0. The Kier molecular flexibility index (Phi) is 2.94. The van der Waals surface area contributed by atoms with E-state index in [4.69, 9.17) is 0 Å². The van der Waals surface area contributed by atoms with E-state index in [-0.39, 0.29) is 0 Å². The SMILES string of the molecule is F/C=C/N(C(F)(F)F)C(F)(F)F. The first-order chi connectivity index (χ1) is 5.19. The first-order valence-electron chi connectivity index (χ1n) is 2.39. The third-order valence-electron chi connectivity index (χ3n) is 0.752. The summed E-state index contributed by atoms with van der Waals surface area (Å²) >= 11 is 0. The van der Waals surface area contributed by atoms with Crippen molar-refractivity contribution in [2.75, 3.05) is 0 Å². The third-order valence-corrected chi connectivity index (χ3v) is 0.752. The van der Waals surface area contributed by atoms with Crippen LogP contribution in [-0.4, -0.2) is 17.5 Å². The van der Waals surface area contributed by atoms with Crippen LogP contribution in [0.2, 0.25) is 0 Å². The summed E-state index contributed by atoms with van der Waals surface area (Å²) in [7, 11) is 0. The second-order valence-electron chi connectivity index (χ2n) is 1.58. The van der Waals surface area contributed by atoms with E-state index in [1.165, 1.54) is 0 Å². The monoisotopic (exact) mass is 197 g/mol. The van der Waals surface area contributed by atoms with E-state index < -0.39 is 30.0 Å². The summed E-state index contributed by atoms with van der Waals surface area (Å²) in [6.07, 6.45) is -12.9. The highest BCUT2D eigenvalue weighted by molar-refractivity contribution is 4.78. The van der Waals surface area contributed by atoms with Gasteiger partial charge in [0.2, 0.25) is 0 Å². The third kappa shape index (κ3) is 2.97. The molecule has 0 aromatic carbocycles. The van der Waals surface area contributed by atoms with Gasteiger partial charge in [0, 0.05) is 6.20 Å². The zero-order valence-corrected chi connectivity index (χ0v) is 5.25. The molecule has 0 heterocycles. The van der Waals surface area contributed by atoms with Gasteiger partial charge in [-0.2, -0.15) is 4.90 Å². The first kappa shape index (κ1) is 11.0. The normalized spacial score (nSPS) is 13.9. The molecule has 0 rings (SSSR count). The van der Waals surface area contributed by atoms with Gasteiger partial charge in [-0.1, -0.05) is 0 Å². The molecule has 0 N–H and O–H groups in total. The molecular weight excluding hydrogens is 195 g/mol. The van der Waals surface area contributed by atoms with E-state index in [1.807, 2.05) is 0 Å². The summed E-state index contributed by atoms with van der Waals surface area (Å²) in [5, 5.41) is 0. The van der Waals surface area contributed by atoms with Crippen LogP contribution in [0, 0.1) is 0 Å². The van der Waals surface area contributed by atoms with Gasteiger partial charge in [0.15, 0.2) is 0 Å². The Morgan fingerprint density at radius 1 is 0.833 bits per heavy atom. The average molecular weight is 197 g/mol. The van der Waals surface area contributed by atoms with Crippen molar-refractivity contribution in [3.8, 4) is 0 Å². The van der Waals surface area contributed by atoms with Crippen molar-refractivity contribution in [2.45, 2.75) is 12.6 Å². The molecule has 0 aromatic rings. The molecule has 8 heteroatoms. The lowest BCUT2D eigenvalue weighted by atomic mass is 10.7. The summed E-state index contributed by atoms with van der Waals surface area (Å²) in [4.78, 5) is -2.00. The Morgan fingerprint density at radius 3 is 1.25 bits per heavy atom. The standard InChI is InChI=1S/C4H2F7N/c5-1-2-12(3(6,7)8)4(9,10)11/h1-2H/b2-1+. The average Bonchev–Trinajstić information content (AvgIpc) is 1.77. The molecule has 12 heavy (non-hydrogen) atoms. The highest BCUT2D eigenvalue weighted by atomic mass is 19.4. The molecule has 0 aliphatic rings. The molecule has 0 unspecified atom stereocenters. The quantitative estimate of drug-likeness (QED) is 0.461. The molecule has 0 aliphatic carbocycles. The van der Waals surface area contributed by atoms with Gasteiger partial charge in [-0.15, -0.1) is 26.3 Å². The van der Waals surface area contributed by atoms with Gasteiger partial charge in [0.05, 0.1) is 0 Å². The van der Waals surface area contributed by atoms with Crippen LogP contribution in [-0.2, 0) is 0 Å². The maximum Gasteiger partial charge on any atom is 0.491 e. The topological polar surface area (TPSA) is 3.24 Å². The minimum Gasteiger partial charge on any atom is -0.214 e. The Bertz CT molecular complexity index is 151. The number of hydrogen-bond acceptors (Lipinski definition) is 1. The van der Waals surface area contributed by atoms with Crippen LogP contribution >= 0.6 is 0 Å². The molecule has 0 spiro atoms. The summed E-state index contributed by atoms with van der Waals surface area (Å²) in [6.45, 7) is 0. The van der Waals surface area contributed by atoms with Crippen LogP contribution in [0.15, 0.2) is 12.5 Å². The predicted octanol–water partition coefficient (Wildman–Crippen LogP) is 2.77. The van der Waals surface area contributed by atoms with E-state index in [2.05, 4.69) is 0 Å². The molecule has 0 saturated carbocycles. The van der Waals surface area contributed by atoms with Crippen LogP contribution in [0.5, 0.6) is 0 Å². The van der Waals surface area contributed by atoms with Gasteiger partial charge in [-0.05, 0) is 0 Å². The van der Waals surface area contributed by atoms with Gasteiger partial charge in [-0.25, -0.2) is 4.39 Å². The second-order valence-corrected chi connectivity index (χ2v) is 1.58. The Labute approximate surface area is 62.1 Å². The highest BCUT2D eigenvalue weighted by Gasteiger charge is 2.51. The van der Waals surface area contributed by atoms with Crippen LogP contribution in [0.1, 0.15) is 0 Å². The molecular formula is C4H2F7N. The van der Waals surface area contributed by atoms with Gasteiger partial charge in [0.1, 0.15) is 6.33 Å². The minimum absolute atomic E-state index is 0.750. The van der Waals surface area contributed by atoms with Crippen molar-refractivity contribution < 1.29 is 30.7 Å². The van der Waals surface area contributed by atoms with Gasteiger partial charge in [-0.3, -0.25) is 0 Å². The van der Waals surface area contributed by atoms with Crippen molar-refractivity contribution >= 4 is 0 Å². The number of hydrogen-bond donors (Lipinski definition) is 0. The molecule has 0 radical (unpaired) electrons. The zero-order chi connectivity index (χ0) is 9.99. The molecule has 0 fully saturated rings. The Morgan fingerprint density at radius 2 is 1.17 bits per heavy atom. The van der Waals surface area contributed by atoms with Crippen molar-refractivity contribution in [3.63, 3.8) is 0 Å². The number of nitrogens with zero attached hydrogens (tertiary/aromatic N) is 1. The number of alkyl halides is 6. The first-order valence-corrected chi connectivity index (χ1v) is 2.39. The minimum atomic E-state index is -5.67. The molecule has 0 bridgehead atoms. The fourth-order valence-electron chi connectivity index (χ4n) is 0.369. The molecule has 1 nitrogen and oxygen atoms in total. The maximum atomic E-state index is 11.4. The van der Waals surface area contributed by atoms with Crippen LogP contribution in [0.25, 0.3) is 0 Å². The van der Waals surface area contributed by atoms with Crippen molar-refractivity contribution in [2.24, 2.45) is 0 Å². The van der Waals surface area contributed by atoms with Crippen LogP contribution in [0.4, 0.5) is 30.7 Å². The summed E-state index contributed by atoms with van der Waals surface area (Å²) in [5.74, 6) is 0. The fourth-order valence-corrected chi connectivity index (χ4v) is 0.369. The Balaban J connectivity index is 4.69. The van der Waals surface area contributed by atoms with Crippen LogP contribution in [0.3, 0.4) is 0 Å². The van der Waals surface area contributed by atoms with Gasteiger partial charge in [0.25, 0.3) is 0 Å². The highest BCUT2D eigenvalue weighted by Crippen LogP contribution is 2.33. The largest absolute Gasteiger partial charge is 0.491 e. The summed E-state index contributed by atoms with van der Waals surface area (Å²) in [6, 6.07) is 0. The van der Waals surface area contributed by atoms with Gasteiger partial charge < -0.3 is 0 Å². The van der Waals surface area contributed by atoms with E-state index in [0.29, 0.717) is 0 Å². The lowest BCUT2D eigenvalue weighted by Gasteiger charge is -2.24. The molecule has 0 amide bonds. The van der Waals surface area contributed by atoms with Crippen molar-refractivity contribution in [1.82, 2.24) is 4.90 Å². The second kappa shape index (κ2) is 3.20. The zero-order valence-electron chi connectivity index (χ0n) is 5.25. The molecule has 0 aliphatic heterocycles. The van der Waals surface area contributed by atoms with Crippen molar-refractivity contribution in [3.05, 3.63) is 12.5 Å². The van der Waals surface area contributed by atoms with Crippen LogP contribution < -0.4 is 0 Å². The maximum absolute atomic E-state index is 11.4. The predicted molar refractivity (Wildman–Crippen MR) is 24.2 cm³/mol. The molecule has 0 aromatic heterocycles. The summed E-state index contributed by atoms with van der Waals surface area (Å²) < 4.78 is 79.4. The number of rotatable bonds is 1. The molecule has 0 saturated heterocycles. The number of halogens is 7. The van der Waals surface area contributed by atoms with E-state index in [9.17, 15) is 30.7 Å². The lowest BCUT2D eigenvalue weighted by molar-refractivity contribution is -0.354. The van der Waals surface area contributed by atoms with E-state index >= 15 is 0 Å². The fraction of sp³-hybridized carbons (Fsp3) is 0.500.